The molecule has 4 heteroatoms. The lowest BCUT2D eigenvalue weighted by molar-refractivity contribution is 0.134. The van der Waals surface area contributed by atoms with Gasteiger partial charge in [-0.15, -0.1) is 0 Å². The van der Waals surface area contributed by atoms with Gasteiger partial charge in [-0.3, -0.25) is 0 Å². The van der Waals surface area contributed by atoms with Crippen LogP contribution in [0.2, 0.25) is 18.1 Å². The summed E-state index contributed by atoms with van der Waals surface area (Å²) in [4.78, 5) is 0. The largest absolute Gasteiger partial charge is 0.414 e. The zero-order valence-electron chi connectivity index (χ0n) is 14.4. The molecule has 0 aliphatic rings. The molecule has 0 bridgehead atoms. The van der Waals surface area contributed by atoms with E-state index in [-0.39, 0.29) is 5.04 Å². The monoisotopic (exact) mass is 322 g/mol. The van der Waals surface area contributed by atoms with Crippen molar-refractivity contribution in [3.05, 3.63) is 48.0 Å². The average Bonchev–Trinajstić information content (AvgIpc) is 2.45. The summed E-state index contributed by atoms with van der Waals surface area (Å²) in [7, 11) is -1.82. The van der Waals surface area contributed by atoms with Crippen LogP contribution in [0.15, 0.2) is 42.5 Å². The molecule has 1 aromatic carbocycles. The predicted molar refractivity (Wildman–Crippen MR) is 94.3 cm³/mol. The quantitative estimate of drug-likeness (QED) is 0.588. The highest BCUT2D eigenvalue weighted by Crippen LogP contribution is 2.36. The van der Waals surface area contributed by atoms with Crippen LogP contribution in [0, 0.1) is 0 Å². The number of aliphatic hydroxyl groups is 2. The summed E-state index contributed by atoms with van der Waals surface area (Å²) in [6, 6.07) is 9.54. The van der Waals surface area contributed by atoms with Gasteiger partial charge in [-0.25, -0.2) is 0 Å². The molecule has 2 atom stereocenters. The summed E-state index contributed by atoms with van der Waals surface area (Å²) >= 11 is 0. The van der Waals surface area contributed by atoms with Gasteiger partial charge in [-0.05, 0) is 30.1 Å². The summed E-state index contributed by atoms with van der Waals surface area (Å²) < 4.78 is 5.97. The highest BCUT2D eigenvalue weighted by atomic mass is 28.4. The molecule has 0 saturated carbocycles. The highest BCUT2D eigenvalue weighted by Gasteiger charge is 2.37. The molecular weight excluding hydrogens is 292 g/mol. The van der Waals surface area contributed by atoms with Gasteiger partial charge in [0.05, 0.1) is 18.8 Å². The smallest absolute Gasteiger partial charge is 0.192 e. The van der Waals surface area contributed by atoms with Crippen molar-refractivity contribution in [1.82, 2.24) is 0 Å². The van der Waals surface area contributed by atoms with Gasteiger partial charge >= 0.3 is 0 Å². The van der Waals surface area contributed by atoms with Crippen molar-refractivity contribution in [2.24, 2.45) is 0 Å². The zero-order chi connectivity index (χ0) is 16.8. The number of rotatable bonds is 7. The SMILES string of the molecule is CC(C)(C)[Si](C)(C)OC[C@@H](O)/C=C\C[C@@H](O)c1ccccc1. The lowest BCUT2D eigenvalue weighted by Gasteiger charge is -2.36. The van der Waals surface area contributed by atoms with E-state index in [9.17, 15) is 10.2 Å². The number of hydrogen-bond acceptors (Lipinski definition) is 3. The maximum atomic E-state index is 10.0. The van der Waals surface area contributed by atoms with Gasteiger partial charge in [0.1, 0.15) is 0 Å². The lowest BCUT2D eigenvalue weighted by atomic mass is 10.1. The fraction of sp³-hybridized carbons (Fsp3) is 0.556. The molecule has 0 aromatic heterocycles. The van der Waals surface area contributed by atoms with Crippen LogP contribution in [0.3, 0.4) is 0 Å². The van der Waals surface area contributed by atoms with Crippen molar-refractivity contribution in [2.75, 3.05) is 6.61 Å². The Morgan fingerprint density at radius 2 is 1.73 bits per heavy atom. The summed E-state index contributed by atoms with van der Waals surface area (Å²) in [6.07, 6.45) is 2.85. The molecule has 124 valence electrons. The lowest BCUT2D eigenvalue weighted by Crippen LogP contribution is -2.42. The van der Waals surface area contributed by atoms with Gasteiger partial charge in [-0.1, -0.05) is 63.3 Å². The molecule has 22 heavy (non-hydrogen) atoms. The van der Waals surface area contributed by atoms with Crippen LogP contribution in [-0.4, -0.2) is 31.2 Å². The fourth-order valence-corrected chi connectivity index (χ4v) is 2.76. The van der Waals surface area contributed by atoms with E-state index in [0.717, 1.165) is 5.56 Å². The standard InChI is InChI=1S/C18H30O3Si/c1-18(2,3)22(4,5)21-14-16(19)12-9-13-17(20)15-10-7-6-8-11-15/h6-12,16-17,19-20H,13-14H2,1-5H3/b12-9-/t16-,17+/m0/s1. The second-order valence-corrected chi connectivity index (χ2v) is 12.0. The Labute approximate surface area is 135 Å². The molecule has 3 nitrogen and oxygen atoms in total. The molecule has 0 unspecified atom stereocenters. The Hall–Kier alpha value is -0.943. The van der Waals surface area contributed by atoms with E-state index in [2.05, 4.69) is 33.9 Å². The fourth-order valence-electron chi connectivity index (χ4n) is 1.74. The van der Waals surface area contributed by atoms with Crippen LogP contribution in [0.1, 0.15) is 38.9 Å². The van der Waals surface area contributed by atoms with Crippen molar-refractivity contribution in [2.45, 2.75) is 57.5 Å². The first kappa shape index (κ1) is 19.1. The van der Waals surface area contributed by atoms with Crippen molar-refractivity contribution in [3.8, 4) is 0 Å². The average molecular weight is 323 g/mol. The van der Waals surface area contributed by atoms with Crippen molar-refractivity contribution >= 4 is 8.32 Å². The number of hydrogen-bond donors (Lipinski definition) is 2. The number of benzene rings is 1. The molecular formula is C18H30O3Si. The molecule has 2 N–H and O–H groups in total. The summed E-state index contributed by atoms with van der Waals surface area (Å²) in [5, 5.41) is 20.2. The third-order valence-electron chi connectivity index (χ3n) is 4.32. The number of aliphatic hydroxyl groups excluding tert-OH is 2. The van der Waals surface area contributed by atoms with Gasteiger partial charge in [0.15, 0.2) is 8.32 Å². The van der Waals surface area contributed by atoms with Crippen molar-refractivity contribution in [1.29, 1.82) is 0 Å². The predicted octanol–water partition coefficient (Wildman–Crippen LogP) is 4.05. The van der Waals surface area contributed by atoms with Crippen LogP contribution in [-0.2, 0) is 4.43 Å². The van der Waals surface area contributed by atoms with Gasteiger partial charge in [0, 0.05) is 0 Å². The Bertz CT molecular complexity index is 463. The summed E-state index contributed by atoms with van der Waals surface area (Å²) in [5.74, 6) is 0. The molecule has 1 rings (SSSR count). The maximum Gasteiger partial charge on any atom is 0.192 e. The van der Waals surface area contributed by atoms with Crippen molar-refractivity contribution in [3.63, 3.8) is 0 Å². The summed E-state index contributed by atoms with van der Waals surface area (Å²) in [6.45, 7) is 11.2. The molecule has 0 fully saturated rings. The van der Waals surface area contributed by atoms with Crippen molar-refractivity contribution < 1.29 is 14.6 Å². The topological polar surface area (TPSA) is 49.7 Å². The summed E-state index contributed by atoms with van der Waals surface area (Å²) in [5.41, 5.74) is 0.888. The van der Waals surface area contributed by atoms with Crippen LogP contribution in [0.25, 0.3) is 0 Å². The van der Waals surface area contributed by atoms with Crippen LogP contribution in [0.4, 0.5) is 0 Å². The first-order valence-electron chi connectivity index (χ1n) is 7.85. The Balaban J connectivity index is 2.41. The zero-order valence-corrected chi connectivity index (χ0v) is 15.4. The molecule has 0 saturated heterocycles. The van der Waals surface area contributed by atoms with E-state index < -0.39 is 20.5 Å². The maximum absolute atomic E-state index is 10.0. The van der Waals surface area contributed by atoms with Gasteiger partial charge in [0.25, 0.3) is 0 Å². The molecule has 0 radical (unpaired) electrons. The minimum atomic E-state index is -1.82. The first-order chi connectivity index (χ1) is 10.1. The Kier molecular flexibility index (Phi) is 7.00. The highest BCUT2D eigenvalue weighted by molar-refractivity contribution is 6.74. The van der Waals surface area contributed by atoms with E-state index in [1.54, 1.807) is 6.08 Å². The molecule has 0 amide bonds. The van der Waals surface area contributed by atoms with Crippen LogP contribution >= 0.6 is 0 Å². The van der Waals surface area contributed by atoms with E-state index in [4.69, 9.17) is 4.43 Å². The van der Waals surface area contributed by atoms with E-state index in [1.807, 2.05) is 36.4 Å². The second-order valence-electron chi connectivity index (χ2n) is 7.23. The Morgan fingerprint density at radius 1 is 1.14 bits per heavy atom. The second kappa shape index (κ2) is 8.06. The third kappa shape index (κ3) is 6.05. The first-order valence-corrected chi connectivity index (χ1v) is 10.8. The molecule has 0 aliphatic carbocycles. The van der Waals surface area contributed by atoms with Gasteiger partial charge in [-0.2, -0.15) is 0 Å². The molecule has 0 aliphatic heterocycles. The minimum Gasteiger partial charge on any atom is -0.414 e. The van der Waals surface area contributed by atoms with Gasteiger partial charge < -0.3 is 14.6 Å². The molecule has 0 heterocycles. The molecule has 1 aromatic rings. The Morgan fingerprint density at radius 3 is 2.27 bits per heavy atom. The van der Waals surface area contributed by atoms with E-state index >= 15 is 0 Å². The molecule has 0 spiro atoms. The normalized spacial score (nSPS) is 16.0. The van der Waals surface area contributed by atoms with E-state index in [0.29, 0.717) is 13.0 Å². The van der Waals surface area contributed by atoms with Crippen LogP contribution < -0.4 is 0 Å². The van der Waals surface area contributed by atoms with Gasteiger partial charge in [0.2, 0.25) is 0 Å². The van der Waals surface area contributed by atoms with E-state index in [1.165, 1.54) is 0 Å². The van der Waals surface area contributed by atoms with Crippen LogP contribution in [0.5, 0.6) is 0 Å². The third-order valence-corrected chi connectivity index (χ3v) is 8.82. The minimum absolute atomic E-state index is 0.139.